The van der Waals surface area contributed by atoms with Crippen molar-refractivity contribution in [3.05, 3.63) is 22.4 Å². The molecule has 2 aliphatic rings. The molecular weight excluding hydrogens is 254 g/mol. The Morgan fingerprint density at radius 3 is 3.05 bits per heavy atom. The molecule has 1 saturated heterocycles. The van der Waals surface area contributed by atoms with E-state index in [9.17, 15) is 0 Å². The number of thiophene rings is 1. The van der Waals surface area contributed by atoms with Crippen LogP contribution in [-0.4, -0.2) is 18.2 Å². The number of hydrogen-bond acceptors (Lipinski definition) is 3. The fourth-order valence-corrected chi connectivity index (χ4v) is 4.28. The summed E-state index contributed by atoms with van der Waals surface area (Å²) in [6.07, 6.45) is 8.79. The van der Waals surface area contributed by atoms with E-state index in [1.54, 1.807) is 0 Å². The number of rotatable bonds is 5. The fourth-order valence-electron chi connectivity index (χ4n) is 3.46. The van der Waals surface area contributed by atoms with Crippen LogP contribution in [0.2, 0.25) is 0 Å². The van der Waals surface area contributed by atoms with Crippen LogP contribution in [-0.2, 0) is 4.74 Å². The van der Waals surface area contributed by atoms with Gasteiger partial charge in [0.15, 0.2) is 0 Å². The molecule has 1 aromatic heterocycles. The lowest BCUT2D eigenvalue weighted by Gasteiger charge is -2.48. The van der Waals surface area contributed by atoms with Crippen molar-refractivity contribution in [2.45, 2.75) is 69.6 Å². The second-order valence-electron chi connectivity index (χ2n) is 6.10. The standard InChI is InChI=1S/C16H25NOS/c1-2-5-14(15-6-3-11-19-15)17-13-7-10-18-16(12-13)8-4-9-16/h3,6,11,13-14,17H,2,4-5,7-10,12H2,1H3. The number of hydrogen-bond donors (Lipinski definition) is 1. The second kappa shape index (κ2) is 5.94. The lowest BCUT2D eigenvalue weighted by molar-refractivity contribution is -0.136. The fraction of sp³-hybridized carbons (Fsp3) is 0.750. The van der Waals surface area contributed by atoms with Gasteiger partial charge in [0.1, 0.15) is 0 Å². The molecule has 2 nitrogen and oxygen atoms in total. The van der Waals surface area contributed by atoms with Gasteiger partial charge in [-0.15, -0.1) is 11.3 Å². The summed E-state index contributed by atoms with van der Waals surface area (Å²) in [5.41, 5.74) is 0.252. The van der Waals surface area contributed by atoms with E-state index in [1.807, 2.05) is 11.3 Å². The van der Waals surface area contributed by atoms with Gasteiger partial charge >= 0.3 is 0 Å². The average molecular weight is 279 g/mol. The Labute approximate surface area is 120 Å². The van der Waals surface area contributed by atoms with Crippen LogP contribution < -0.4 is 5.32 Å². The van der Waals surface area contributed by atoms with Gasteiger partial charge in [0.05, 0.1) is 5.60 Å². The highest BCUT2D eigenvalue weighted by molar-refractivity contribution is 7.10. The molecule has 0 aromatic carbocycles. The van der Waals surface area contributed by atoms with Crippen molar-refractivity contribution in [3.63, 3.8) is 0 Å². The van der Waals surface area contributed by atoms with Gasteiger partial charge in [-0.05, 0) is 50.0 Å². The van der Waals surface area contributed by atoms with E-state index in [0.29, 0.717) is 12.1 Å². The van der Waals surface area contributed by atoms with E-state index in [-0.39, 0.29) is 5.60 Å². The SMILES string of the molecule is CCCC(NC1CCOC2(CCC2)C1)c1cccs1. The highest BCUT2D eigenvalue weighted by atomic mass is 32.1. The van der Waals surface area contributed by atoms with Crippen LogP contribution in [0.5, 0.6) is 0 Å². The van der Waals surface area contributed by atoms with E-state index in [4.69, 9.17) is 4.74 Å². The van der Waals surface area contributed by atoms with Crippen molar-refractivity contribution >= 4 is 11.3 Å². The minimum atomic E-state index is 0.252. The molecular formula is C16H25NOS. The summed E-state index contributed by atoms with van der Waals surface area (Å²) in [6, 6.07) is 5.64. The molecule has 1 spiro atoms. The number of nitrogens with one attached hydrogen (secondary N) is 1. The quantitative estimate of drug-likeness (QED) is 0.868. The highest BCUT2D eigenvalue weighted by Gasteiger charge is 2.42. The highest BCUT2D eigenvalue weighted by Crippen LogP contribution is 2.42. The van der Waals surface area contributed by atoms with Crippen LogP contribution in [0.3, 0.4) is 0 Å². The molecule has 1 N–H and O–H groups in total. The van der Waals surface area contributed by atoms with Crippen molar-refractivity contribution in [2.75, 3.05) is 6.61 Å². The summed E-state index contributed by atoms with van der Waals surface area (Å²) in [5.74, 6) is 0. The van der Waals surface area contributed by atoms with Gasteiger partial charge in [-0.1, -0.05) is 19.4 Å². The molecule has 1 aliphatic heterocycles. The molecule has 0 radical (unpaired) electrons. The molecule has 106 valence electrons. The smallest absolute Gasteiger partial charge is 0.0697 e. The Balaban J connectivity index is 1.61. The zero-order valence-corrected chi connectivity index (χ0v) is 12.7. The van der Waals surface area contributed by atoms with Crippen LogP contribution in [0.4, 0.5) is 0 Å². The minimum absolute atomic E-state index is 0.252. The van der Waals surface area contributed by atoms with Crippen molar-refractivity contribution in [1.29, 1.82) is 0 Å². The van der Waals surface area contributed by atoms with Gasteiger partial charge in [0.25, 0.3) is 0 Å². The topological polar surface area (TPSA) is 21.3 Å². The molecule has 1 aliphatic carbocycles. The van der Waals surface area contributed by atoms with Gasteiger partial charge in [-0.3, -0.25) is 0 Å². The predicted molar refractivity (Wildman–Crippen MR) is 80.7 cm³/mol. The first-order valence-corrected chi connectivity index (χ1v) is 8.63. The van der Waals surface area contributed by atoms with Crippen LogP contribution in [0.1, 0.15) is 62.8 Å². The van der Waals surface area contributed by atoms with Gasteiger partial charge in [0, 0.05) is 23.6 Å². The normalized spacial score (nSPS) is 27.1. The molecule has 3 rings (SSSR count). The van der Waals surface area contributed by atoms with Crippen molar-refractivity contribution < 1.29 is 4.74 Å². The van der Waals surface area contributed by atoms with E-state index in [1.165, 1.54) is 49.8 Å². The number of ether oxygens (including phenoxy) is 1. The molecule has 2 fully saturated rings. The maximum Gasteiger partial charge on any atom is 0.0697 e. The van der Waals surface area contributed by atoms with Crippen LogP contribution >= 0.6 is 11.3 Å². The summed E-state index contributed by atoms with van der Waals surface area (Å²) >= 11 is 1.89. The molecule has 3 heteroatoms. The first-order valence-electron chi connectivity index (χ1n) is 7.75. The molecule has 19 heavy (non-hydrogen) atoms. The minimum Gasteiger partial charge on any atom is -0.375 e. The Morgan fingerprint density at radius 1 is 1.53 bits per heavy atom. The molecule has 2 heterocycles. The van der Waals surface area contributed by atoms with Gasteiger partial charge in [-0.2, -0.15) is 0 Å². The first-order chi connectivity index (χ1) is 9.31. The summed E-state index contributed by atoms with van der Waals surface area (Å²) in [7, 11) is 0. The molecule has 0 bridgehead atoms. The third-order valence-electron chi connectivity index (χ3n) is 4.66. The van der Waals surface area contributed by atoms with Crippen LogP contribution in [0.25, 0.3) is 0 Å². The van der Waals surface area contributed by atoms with E-state index in [0.717, 1.165) is 6.61 Å². The maximum atomic E-state index is 6.03. The lowest BCUT2D eigenvalue weighted by atomic mass is 9.74. The third kappa shape index (κ3) is 3.04. The van der Waals surface area contributed by atoms with Gasteiger partial charge in [0.2, 0.25) is 0 Å². The zero-order valence-electron chi connectivity index (χ0n) is 11.9. The zero-order chi connectivity index (χ0) is 13.1. The van der Waals surface area contributed by atoms with Crippen LogP contribution in [0.15, 0.2) is 17.5 Å². The Hall–Kier alpha value is -0.380. The van der Waals surface area contributed by atoms with Crippen molar-refractivity contribution in [3.8, 4) is 0 Å². The summed E-state index contributed by atoms with van der Waals surface area (Å²) < 4.78 is 6.03. The summed E-state index contributed by atoms with van der Waals surface area (Å²) in [4.78, 5) is 1.50. The van der Waals surface area contributed by atoms with Crippen LogP contribution in [0, 0.1) is 0 Å². The molecule has 1 aromatic rings. The average Bonchev–Trinajstić information content (AvgIpc) is 2.90. The summed E-state index contributed by atoms with van der Waals surface area (Å²) in [6.45, 7) is 3.22. The monoisotopic (exact) mass is 279 g/mol. The molecule has 2 unspecified atom stereocenters. The van der Waals surface area contributed by atoms with Crippen molar-refractivity contribution in [1.82, 2.24) is 5.32 Å². The lowest BCUT2D eigenvalue weighted by Crippen LogP contribution is -2.51. The van der Waals surface area contributed by atoms with Gasteiger partial charge in [-0.25, -0.2) is 0 Å². The summed E-state index contributed by atoms with van der Waals surface area (Å²) in [5, 5.41) is 6.10. The Bertz CT molecular complexity index is 385. The Kier molecular flexibility index (Phi) is 4.25. The predicted octanol–water partition coefficient (Wildman–Crippen LogP) is 4.28. The second-order valence-corrected chi connectivity index (χ2v) is 7.08. The van der Waals surface area contributed by atoms with E-state index in [2.05, 4.69) is 29.8 Å². The first kappa shape index (κ1) is 13.6. The molecule has 2 atom stereocenters. The third-order valence-corrected chi connectivity index (χ3v) is 5.64. The largest absolute Gasteiger partial charge is 0.375 e. The van der Waals surface area contributed by atoms with Gasteiger partial charge < -0.3 is 10.1 Å². The maximum absolute atomic E-state index is 6.03. The van der Waals surface area contributed by atoms with E-state index >= 15 is 0 Å². The Morgan fingerprint density at radius 2 is 2.42 bits per heavy atom. The molecule has 1 saturated carbocycles. The van der Waals surface area contributed by atoms with E-state index < -0.39 is 0 Å². The van der Waals surface area contributed by atoms with Crippen molar-refractivity contribution in [2.24, 2.45) is 0 Å². The molecule has 0 amide bonds.